The van der Waals surface area contributed by atoms with Gasteiger partial charge in [0.25, 0.3) is 0 Å². The molecule has 0 saturated carbocycles. The van der Waals surface area contributed by atoms with Crippen molar-refractivity contribution in [2.24, 2.45) is 0 Å². The van der Waals surface area contributed by atoms with Gasteiger partial charge in [-0.1, -0.05) is 81.7 Å². The second-order valence-electron chi connectivity index (χ2n) is 0. The minimum Gasteiger partial charge on any atom is -1.00 e. The largest absolute Gasteiger partial charge is 2.00 e. The van der Waals surface area contributed by atoms with Gasteiger partial charge >= 0.3 is 92.2 Å². The summed E-state index contributed by atoms with van der Waals surface area (Å²) in [5.41, 5.74) is 0. The van der Waals surface area contributed by atoms with Crippen LogP contribution in [0.15, 0.2) is 0 Å². The van der Waals surface area contributed by atoms with Crippen LogP contribution in [0.3, 0.4) is 0 Å². The van der Waals surface area contributed by atoms with Crippen LogP contribution < -0.4 is 0 Å². The van der Waals surface area contributed by atoms with E-state index >= 15 is 0 Å². The standard InChI is InChI=1S/11CH4.4Mg.6H2O.2H2.4H/h11*1H4;;;;;6*1H2;2*1H;;;;/q;;;;;;;;;;;4*+2;;;;;;;;;4*-1/p-2. The average molecular weight is 388 g/mol. The minimum atomic E-state index is 0. The molecule has 0 amide bonds. The van der Waals surface area contributed by atoms with Crippen molar-refractivity contribution in [1.29, 1.82) is 0 Å². The van der Waals surface area contributed by atoms with Crippen molar-refractivity contribution in [3.8, 4) is 0 Å². The molecule has 148 valence electrons. The molecule has 0 spiro atoms. The van der Waals surface area contributed by atoms with Crippen LogP contribution in [0.25, 0.3) is 0 Å². The molecule has 0 saturated heterocycles. The van der Waals surface area contributed by atoms with Crippen LogP contribution in [0.1, 0.15) is 90.3 Å². The van der Waals surface area contributed by atoms with E-state index in [1.54, 1.807) is 0 Å². The molecule has 0 aliphatic heterocycles. The van der Waals surface area contributed by atoms with Crippen molar-refractivity contribution in [2.45, 2.75) is 81.7 Å². The molecule has 0 aromatic heterocycles. The van der Waals surface area contributed by atoms with E-state index in [1.807, 2.05) is 0 Å². The molecule has 0 radical (unpaired) electrons. The fourth-order valence-corrected chi connectivity index (χ4v) is 0. The predicted molar refractivity (Wildman–Crippen MR) is 124 cm³/mol. The third kappa shape index (κ3) is 1240. The normalized spacial score (nSPS) is 0. The van der Waals surface area contributed by atoms with Crippen molar-refractivity contribution in [2.75, 3.05) is 0 Å². The Morgan fingerprint density at radius 3 is 0.286 bits per heavy atom. The van der Waals surface area contributed by atoms with Crippen molar-refractivity contribution in [3.63, 3.8) is 0 Å². The summed E-state index contributed by atoms with van der Waals surface area (Å²) in [7, 11) is 0. The van der Waals surface area contributed by atoms with Crippen LogP contribution in [-0.4, -0.2) is 125 Å². The van der Waals surface area contributed by atoms with Gasteiger partial charge in [0, 0.05) is 2.85 Å². The maximum absolute atomic E-state index is 0. The second-order valence-corrected chi connectivity index (χ2v) is 0. The zero-order valence-corrected chi connectivity index (χ0v) is 11.4. The first-order valence-electron chi connectivity index (χ1n) is 0. The Kier molecular flexibility index (Phi) is 101000. The maximum atomic E-state index is 0. The van der Waals surface area contributed by atoms with Gasteiger partial charge in [-0.05, 0) is 0 Å². The van der Waals surface area contributed by atoms with E-state index in [0.29, 0.717) is 0 Å². The average Bonchev–Trinajstić information content (AvgIpc) is 0. The Hall–Kier alpha value is 2.82. The molecule has 0 aromatic rings. The van der Waals surface area contributed by atoms with Crippen LogP contribution in [-0.2, 0) is 0 Å². The van der Waals surface area contributed by atoms with Gasteiger partial charge in [0.2, 0.25) is 0 Å². The predicted octanol–water partition coefficient (Wildman–Crippen LogP) is 2.76. The summed E-state index contributed by atoms with van der Waals surface area (Å²) in [6, 6.07) is 0. The molecule has 0 atom stereocenters. The van der Waals surface area contributed by atoms with E-state index < -0.39 is 0 Å². The molecule has 0 fully saturated rings. The molecule has 6 nitrogen and oxygen atoms in total. The number of rotatable bonds is 0. The zero-order valence-electron chi connectivity index (χ0n) is 9.72. The summed E-state index contributed by atoms with van der Waals surface area (Å²) in [6.07, 6.45) is 0. The number of hydrogen-bond acceptors (Lipinski definition) is 2. The molecular formula is C11H62Mg4O6+2. The van der Waals surface area contributed by atoms with Crippen LogP contribution in [0.5, 0.6) is 0 Å². The summed E-state index contributed by atoms with van der Waals surface area (Å²) < 4.78 is 0. The summed E-state index contributed by atoms with van der Waals surface area (Å²) in [5.74, 6) is 0. The summed E-state index contributed by atoms with van der Waals surface area (Å²) in [6.45, 7) is 0. The van der Waals surface area contributed by atoms with Gasteiger partial charge in [-0.15, -0.1) is 0 Å². The van der Waals surface area contributed by atoms with Crippen molar-refractivity contribution < 1.29 is 41.4 Å². The fraction of sp³-hybridized carbons (Fsp3) is 1.00. The Morgan fingerprint density at radius 2 is 0.286 bits per heavy atom. The molecule has 10 heteroatoms. The van der Waals surface area contributed by atoms with Gasteiger partial charge in [-0.3, -0.25) is 0 Å². The fourth-order valence-electron chi connectivity index (χ4n) is 0. The van der Waals surface area contributed by atoms with E-state index in [0.717, 1.165) is 0 Å². The Morgan fingerprint density at radius 1 is 0.286 bits per heavy atom. The minimum absolute atomic E-state index is 0. The summed E-state index contributed by atoms with van der Waals surface area (Å²) >= 11 is 0. The SMILES string of the molecule is C.C.C.C.C.C.C.C.C.C.C.O.O.O.O.[H-].[H-].[H-].[H-].[HH].[HH].[Mg+2].[Mg+2].[Mg+2].[Mg+2].[OH-].[OH-]. The maximum Gasteiger partial charge on any atom is 2.00 e. The van der Waals surface area contributed by atoms with E-state index in [2.05, 4.69) is 0 Å². The first-order valence-corrected chi connectivity index (χ1v) is 0. The Labute approximate surface area is 213 Å². The third-order valence-electron chi connectivity index (χ3n) is 0. The molecule has 21 heavy (non-hydrogen) atoms. The van der Waals surface area contributed by atoms with Crippen LogP contribution in [0.4, 0.5) is 0 Å². The van der Waals surface area contributed by atoms with Gasteiger partial charge in [0.05, 0.1) is 0 Å². The molecule has 10 N–H and O–H groups in total. The van der Waals surface area contributed by atoms with Crippen molar-refractivity contribution in [3.05, 3.63) is 0 Å². The van der Waals surface area contributed by atoms with Gasteiger partial charge in [0.1, 0.15) is 0 Å². The molecule has 0 rings (SSSR count). The van der Waals surface area contributed by atoms with Crippen molar-refractivity contribution in [1.82, 2.24) is 0 Å². The monoisotopic (exact) mass is 386 g/mol. The van der Waals surface area contributed by atoms with Crippen LogP contribution >= 0.6 is 0 Å². The summed E-state index contributed by atoms with van der Waals surface area (Å²) in [5, 5.41) is 0. The zero-order chi connectivity index (χ0) is 0. The smallest absolute Gasteiger partial charge is 1.00 e. The molecule has 0 unspecified atom stereocenters. The van der Waals surface area contributed by atoms with Crippen LogP contribution in [0, 0.1) is 0 Å². The molecule has 0 aromatic carbocycles. The summed E-state index contributed by atoms with van der Waals surface area (Å²) in [4.78, 5) is 0. The van der Waals surface area contributed by atoms with Gasteiger partial charge in [-0.25, -0.2) is 0 Å². The van der Waals surface area contributed by atoms with Gasteiger partial charge in [-0.2, -0.15) is 0 Å². The van der Waals surface area contributed by atoms with Gasteiger partial charge in [0.15, 0.2) is 0 Å². The van der Waals surface area contributed by atoms with E-state index in [9.17, 15) is 0 Å². The number of hydrogen-bond donors (Lipinski definition) is 0. The van der Waals surface area contributed by atoms with Gasteiger partial charge < -0.3 is 38.6 Å². The van der Waals surface area contributed by atoms with E-state index in [1.165, 1.54) is 0 Å². The van der Waals surface area contributed by atoms with E-state index in [4.69, 9.17) is 0 Å². The van der Waals surface area contributed by atoms with Crippen molar-refractivity contribution >= 4 is 92.2 Å². The van der Waals surface area contributed by atoms with Crippen LogP contribution in [0.2, 0.25) is 0 Å². The first-order chi connectivity index (χ1) is 0. The Balaban J connectivity index is 0. The first kappa shape index (κ1) is 1560. The topological polar surface area (TPSA) is 186 Å². The second kappa shape index (κ2) is 1360. The third-order valence-corrected chi connectivity index (χ3v) is 0. The molecule has 0 bridgehead atoms. The molecule has 0 heterocycles. The quantitative estimate of drug-likeness (QED) is 0.578. The van der Waals surface area contributed by atoms with E-state index in [-0.39, 0.29) is 215 Å². The molecule has 0 aliphatic rings. The molecular weight excluding hydrogens is 325 g/mol. The molecule has 0 aliphatic carbocycles. The Bertz CT molecular complexity index is 51.3.